The lowest BCUT2D eigenvalue weighted by molar-refractivity contribution is -0.143. The smallest absolute Gasteiger partial charge is 0.315 e. The standard InChI is InChI=1S/C30H52N6O6/c1-11-12-14-19(22(38)25(40)31-17-16-21(37)34-29(5,6)7)32-24(39)20-15-13-18-36(20)26(41)23(28(2,3)4)33-27(42)35-30(8,9)10/h11,19-20,23H,1,12-18H2,2-10H3,(H,31,40)(H,32,39)(H,34,37)(H2,33,35,42)/t19?,20-,23?/m0/s1. The average Bonchev–Trinajstić information content (AvgIpc) is 3.31. The molecule has 0 aliphatic carbocycles. The molecule has 1 rings (SSSR count). The molecule has 6 amide bonds. The highest BCUT2D eigenvalue weighted by atomic mass is 16.2. The van der Waals surface area contributed by atoms with Crippen LogP contribution in [-0.4, -0.2) is 82.6 Å². The molecule has 0 aromatic heterocycles. The Morgan fingerprint density at radius 1 is 0.905 bits per heavy atom. The monoisotopic (exact) mass is 592 g/mol. The van der Waals surface area contributed by atoms with Crippen LogP contribution in [0.15, 0.2) is 12.7 Å². The Hall–Kier alpha value is -3.44. The van der Waals surface area contributed by atoms with Crippen LogP contribution in [0.3, 0.4) is 0 Å². The van der Waals surface area contributed by atoms with Crippen molar-refractivity contribution in [3.05, 3.63) is 12.7 Å². The van der Waals surface area contributed by atoms with Gasteiger partial charge in [-0.2, -0.15) is 0 Å². The van der Waals surface area contributed by atoms with E-state index in [0.29, 0.717) is 25.8 Å². The molecule has 0 aromatic carbocycles. The summed E-state index contributed by atoms with van der Waals surface area (Å²) >= 11 is 0. The first-order valence-electron chi connectivity index (χ1n) is 14.6. The first-order valence-corrected chi connectivity index (χ1v) is 14.6. The summed E-state index contributed by atoms with van der Waals surface area (Å²) < 4.78 is 0. The van der Waals surface area contributed by atoms with Crippen LogP contribution in [0.25, 0.3) is 0 Å². The van der Waals surface area contributed by atoms with E-state index >= 15 is 0 Å². The summed E-state index contributed by atoms with van der Waals surface area (Å²) in [5.74, 6) is -2.96. The quantitative estimate of drug-likeness (QED) is 0.172. The van der Waals surface area contributed by atoms with Crippen LogP contribution < -0.4 is 26.6 Å². The third-order valence-corrected chi connectivity index (χ3v) is 6.38. The summed E-state index contributed by atoms with van der Waals surface area (Å²) in [6.45, 7) is 20.4. The van der Waals surface area contributed by atoms with E-state index in [0.717, 1.165) is 0 Å². The van der Waals surface area contributed by atoms with Gasteiger partial charge in [0.2, 0.25) is 23.5 Å². The molecular formula is C30H52N6O6. The van der Waals surface area contributed by atoms with E-state index in [9.17, 15) is 28.8 Å². The molecule has 12 heteroatoms. The van der Waals surface area contributed by atoms with Crippen LogP contribution in [-0.2, 0) is 24.0 Å². The minimum absolute atomic E-state index is 0.00409. The molecule has 1 aliphatic rings. The average molecular weight is 593 g/mol. The van der Waals surface area contributed by atoms with Crippen LogP contribution >= 0.6 is 0 Å². The molecule has 1 saturated heterocycles. The number of amides is 6. The molecule has 238 valence electrons. The minimum atomic E-state index is -1.13. The number of nitrogens with one attached hydrogen (secondary N) is 5. The summed E-state index contributed by atoms with van der Waals surface area (Å²) in [7, 11) is 0. The molecule has 2 unspecified atom stereocenters. The Labute approximate surface area is 250 Å². The summed E-state index contributed by atoms with van der Waals surface area (Å²) in [5, 5.41) is 13.5. The van der Waals surface area contributed by atoms with Gasteiger partial charge in [0.15, 0.2) is 0 Å². The zero-order chi connectivity index (χ0) is 32.5. The van der Waals surface area contributed by atoms with Gasteiger partial charge in [-0.05, 0) is 72.6 Å². The van der Waals surface area contributed by atoms with Crippen LogP contribution in [0.1, 0.15) is 94.4 Å². The first-order chi connectivity index (χ1) is 19.2. The van der Waals surface area contributed by atoms with Gasteiger partial charge in [-0.15, -0.1) is 6.58 Å². The third-order valence-electron chi connectivity index (χ3n) is 6.38. The third kappa shape index (κ3) is 12.6. The maximum absolute atomic E-state index is 13.7. The normalized spacial score (nSPS) is 17.0. The van der Waals surface area contributed by atoms with Gasteiger partial charge in [-0.3, -0.25) is 24.0 Å². The Balaban J connectivity index is 2.97. The maximum Gasteiger partial charge on any atom is 0.315 e. The van der Waals surface area contributed by atoms with Crippen LogP contribution in [0.4, 0.5) is 4.79 Å². The van der Waals surface area contributed by atoms with Gasteiger partial charge >= 0.3 is 6.03 Å². The number of carbonyl (C=O) groups excluding carboxylic acids is 6. The highest BCUT2D eigenvalue weighted by molar-refractivity contribution is 6.38. The maximum atomic E-state index is 13.7. The molecular weight excluding hydrogens is 540 g/mol. The summed E-state index contributed by atoms with van der Waals surface area (Å²) in [6, 6.07) is -3.40. The van der Waals surface area contributed by atoms with Crippen LogP contribution in [0, 0.1) is 5.41 Å². The van der Waals surface area contributed by atoms with Crippen molar-refractivity contribution < 1.29 is 28.8 Å². The van der Waals surface area contributed by atoms with Crippen molar-refractivity contribution in [1.29, 1.82) is 0 Å². The molecule has 0 saturated carbocycles. The molecule has 1 fully saturated rings. The van der Waals surface area contributed by atoms with E-state index in [1.807, 2.05) is 62.3 Å². The van der Waals surface area contributed by atoms with Crippen molar-refractivity contribution >= 4 is 35.4 Å². The predicted molar refractivity (Wildman–Crippen MR) is 161 cm³/mol. The van der Waals surface area contributed by atoms with Crippen molar-refractivity contribution in [1.82, 2.24) is 31.5 Å². The molecule has 3 atom stereocenters. The van der Waals surface area contributed by atoms with Gasteiger partial charge in [0, 0.05) is 30.6 Å². The van der Waals surface area contributed by atoms with Gasteiger partial charge in [-0.1, -0.05) is 26.8 Å². The van der Waals surface area contributed by atoms with Gasteiger partial charge in [0.05, 0.1) is 6.04 Å². The summed E-state index contributed by atoms with van der Waals surface area (Å²) in [5.41, 5.74) is -1.59. The van der Waals surface area contributed by atoms with Crippen molar-refractivity contribution in [3.63, 3.8) is 0 Å². The Kier molecular flexibility index (Phi) is 13.2. The molecule has 1 heterocycles. The highest BCUT2D eigenvalue weighted by Crippen LogP contribution is 2.26. The molecule has 0 bridgehead atoms. The SMILES string of the molecule is C=CCCC(NC(=O)[C@@H]1CCCN1C(=O)C(NC(=O)NC(C)(C)C)C(C)(C)C)C(=O)C(=O)NCCC(=O)NC(C)(C)C. The van der Waals surface area contributed by atoms with E-state index in [2.05, 4.69) is 33.2 Å². The number of urea groups is 1. The van der Waals surface area contributed by atoms with Gasteiger partial charge in [-0.25, -0.2) is 4.79 Å². The molecule has 5 N–H and O–H groups in total. The van der Waals surface area contributed by atoms with Crippen LogP contribution in [0.5, 0.6) is 0 Å². The lowest BCUT2D eigenvalue weighted by atomic mass is 9.85. The number of Topliss-reactive ketones (excluding diaryl/α,β-unsaturated/α-hetero) is 1. The molecule has 0 radical (unpaired) electrons. The molecule has 12 nitrogen and oxygen atoms in total. The van der Waals surface area contributed by atoms with E-state index in [4.69, 9.17) is 0 Å². The molecule has 1 aliphatic heterocycles. The predicted octanol–water partition coefficient (Wildman–Crippen LogP) is 1.93. The highest BCUT2D eigenvalue weighted by Gasteiger charge is 2.43. The van der Waals surface area contributed by atoms with Gasteiger partial charge in [0.25, 0.3) is 5.91 Å². The Morgan fingerprint density at radius 2 is 1.50 bits per heavy atom. The fourth-order valence-electron chi connectivity index (χ4n) is 4.46. The van der Waals surface area contributed by atoms with Gasteiger partial charge < -0.3 is 31.5 Å². The van der Waals surface area contributed by atoms with Crippen molar-refractivity contribution in [2.45, 2.75) is 124 Å². The summed E-state index contributed by atoms with van der Waals surface area (Å²) in [4.78, 5) is 78.8. The lowest BCUT2D eigenvalue weighted by Crippen LogP contribution is -2.61. The van der Waals surface area contributed by atoms with Crippen molar-refractivity contribution in [2.75, 3.05) is 13.1 Å². The second-order valence-corrected chi connectivity index (χ2v) is 13.9. The van der Waals surface area contributed by atoms with Gasteiger partial charge in [0.1, 0.15) is 12.1 Å². The minimum Gasteiger partial charge on any atom is -0.351 e. The van der Waals surface area contributed by atoms with Crippen LogP contribution in [0.2, 0.25) is 0 Å². The molecule has 42 heavy (non-hydrogen) atoms. The Bertz CT molecular complexity index is 1020. The number of hydrogen-bond donors (Lipinski definition) is 5. The fourth-order valence-corrected chi connectivity index (χ4v) is 4.46. The number of likely N-dealkylation sites (tertiary alicyclic amines) is 1. The summed E-state index contributed by atoms with van der Waals surface area (Å²) in [6.07, 6.45) is 3.03. The number of carbonyl (C=O) groups is 6. The number of nitrogens with zero attached hydrogens (tertiary/aromatic N) is 1. The number of allylic oxidation sites excluding steroid dienone is 1. The molecule has 0 spiro atoms. The lowest BCUT2D eigenvalue weighted by Gasteiger charge is -2.36. The number of rotatable bonds is 12. The fraction of sp³-hybridized carbons (Fsp3) is 0.733. The zero-order valence-electron chi connectivity index (χ0n) is 26.9. The van der Waals surface area contributed by atoms with Crippen molar-refractivity contribution in [3.8, 4) is 0 Å². The number of hydrogen-bond acceptors (Lipinski definition) is 6. The van der Waals surface area contributed by atoms with E-state index in [-0.39, 0.29) is 25.3 Å². The largest absolute Gasteiger partial charge is 0.351 e. The van der Waals surface area contributed by atoms with E-state index < -0.39 is 64.2 Å². The first kappa shape index (κ1) is 36.6. The van der Waals surface area contributed by atoms with Crippen molar-refractivity contribution in [2.24, 2.45) is 5.41 Å². The van der Waals surface area contributed by atoms with E-state index in [1.54, 1.807) is 6.08 Å². The zero-order valence-corrected chi connectivity index (χ0v) is 26.9. The topological polar surface area (TPSA) is 166 Å². The second kappa shape index (κ2) is 15.2. The molecule has 0 aromatic rings. The Morgan fingerprint density at radius 3 is 2.02 bits per heavy atom. The number of ketones is 1. The second-order valence-electron chi connectivity index (χ2n) is 13.9. The van der Waals surface area contributed by atoms with E-state index in [1.165, 1.54) is 4.90 Å².